The lowest BCUT2D eigenvalue weighted by molar-refractivity contribution is 0.0939. The highest BCUT2D eigenvalue weighted by atomic mass is 35.5. The lowest BCUT2D eigenvalue weighted by atomic mass is 10.1. The second-order valence-electron chi connectivity index (χ2n) is 4.85. The predicted octanol–water partition coefficient (Wildman–Crippen LogP) is 4.58. The number of nitrogens with zero attached hydrogens (tertiary/aromatic N) is 1. The predicted molar refractivity (Wildman–Crippen MR) is 86.9 cm³/mol. The Kier molecular flexibility index (Phi) is 5.21. The van der Waals surface area contributed by atoms with Crippen LogP contribution < -0.4 is 5.32 Å². The van der Waals surface area contributed by atoms with Crippen LogP contribution in [0.4, 0.5) is 0 Å². The van der Waals surface area contributed by atoms with Gasteiger partial charge in [0.25, 0.3) is 5.91 Å². The number of hydrogen-bond acceptors (Lipinski definition) is 2. The number of pyridine rings is 1. The van der Waals surface area contributed by atoms with E-state index in [2.05, 4.69) is 10.3 Å². The maximum absolute atomic E-state index is 12.1. The fourth-order valence-corrected chi connectivity index (χ4v) is 2.26. The van der Waals surface area contributed by atoms with E-state index in [0.717, 1.165) is 17.5 Å². The molecule has 1 amide bonds. The van der Waals surface area contributed by atoms with Crippen LogP contribution in [0.1, 0.15) is 30.6 Å². The summed E-state index contributed by atoms with van der Waals surface area (Å²) < 4.78 is 0. The van der Waals surface area contributed by atoms with Crippen LogP contribution in [0.3, 0.4) is 0 Å². The van der Waals surface area contributed by atoms with Gasteiger partial charge in [-0.25, -0.2) is 0 Å². The van der Waals surface area contributed by atoms with Crippen LogP contribution >= 0.6 is 23.2 Å². The third kappa shape index (κ3) is 3.74. The largest absolute Gasteiger partial charge is 0.350 e. The first-order chi connectivity index (χ1) is 10.0. The minimum atomic E-state index is -0.142. The molecule has 1 unspecified atom stereocenters. The van der Waals surface area contributed by atoms with Crippen LogP contribution in [0, 0.1) is 0 Å². The Morgan fingerprint density at radius 2 is 2.10 bits per heavy atom. The van der Waals surface area contributed by atoms with Crippen molar-refractivity contribution in [3.63, 3.8) is 0 Å². The van der Waals surface area contributed by atoms with Gasteiger partial charge in [-0.2, -0.15) is 0 Å². The highest BCUT2D eigenvalue weighted by molar-refractivity contribution is 6.43. The van der Waals surface area contributed by atoms with E-state index >= 15 is 0 Å². The molecular formula is C16H16Cl2N2O. The highest BCUT2D eigenvalue weighted by Crippen LogP contribution is 2.33. The summed E-state index contributed by atoms with van der Waals surface area (Å²) in [5, 5.41) is 3.85. The summed E-state index contributed by atoms with van der Waals surface area (Å²) in [6.45, 7) is 3.98. The van der Waals surface area contributed by atoms with Gasteiger partial charge in [0.15, 0.2) is 0 Å². The standard InChI is InChI=1S/C16H16Cl2N2O/c1-3-10(2)20-16(21)12-7-11(8-19-9-12)13-5-4-6-14(17)15(13)18/h4-10H,3H2,1-2H3,(H,20,21). The van der Waals surface area contributed by atoms with Gasteiger partial charge in [0.1, 0.15) is 0 Å². The summed E-state index contributed by atoms with van der Waals surface area (Å²) in [4.78, 5) is 16.3. The maximum Gasteiger partial charge on any atom is 0.253 e. The van der Waals surface area contributed by atoms with E-state index in [1.165, 1.54) is 0 Å². The smallest absolute Gasteiger partial charge is 0.253 e. The molecule has 21 heavy (non-hydrogen) atoms. The normalized spacial score (nSPS) is 12.0. The summed E-state index contributed by atoms with van der Waals surface area (Å²) in [5.41, 5.74) is 2.03. The van der Waals surface area contributed by atoms with Crippen molar-refractivity contribution in [2.75, 3.05) is 0 Å². The molecule has 0 saturated heterocycles. The van der Waals surface area contributed by atoms with E-state index in [0.29, 0.717) is 15.6 Å². The van der Waals surface area contributed by atoms with Gasteiger partial charge in [-0.05, 0) is 25.5 Å². The molecule has 2 aromatic rings. The van der Waals surface area contributed by atoms with E-state index in [1.807, 2.05) is 26.0 Å². The van der Waals surface area contributed by atoms with Gasteiger partial charge >= 0.3 is 0 Å². The maximum atomic E-state index is 12.1. The van der Waals surface area contributed by atoms with Crippen LogP contribution in [0.25, 0.3) is 11.1 Å². The molecule has 3 nitrogen and oxygen atoms in total. The number of nitrogens with one attached hydrogen (secondary N) is 1. The molecule has 0 fully saturated rings. The molecule has 1 atom stereocenters. The fraction of sp³-hybridized carbons (Fsp3) is 0.250. The van der Waals surface area contributed by atoms with Crippen molar-refractivity contribution in [2.24, 2.45) is 0 Å². The minimum Gasteiger partial charge on any atom is -0.350 e. The van der Waals surface area contributed by atoms with Crippen molar-refractivity contribution in [3.8, 4) is 11.1 Å². The molecule has 5 heteroatoms. The summed E-state index contributed by atoms with van der Waals surface area (Å²) in [5.74, 6) is -0.142. The summed E-state index contributed by atoms with van der Waals surface area (Å²) in [6, 6.07) is 7.27. The Bertz CT molecular complexity index is 658. The molecular weight excluding hydrogens is 307 g/mol. The molecule has 0 aliphatic heterocycles. The average molecular weight is 323 g/mol. The monoisotopic (exact) mass is 322 g/mol. The van der Waals surface area contributed by atoms with E-state index in [9.17, 15) is 4.79 Å². The molecule has 0 aliphatic rings. The number of amides is 1. The van der Waals surface area contributed by atoms with Crippen LogP contribution in [-0.4, -0.2) is 16.9 Å². The van der Waals surface area contributed by atoms with E-state index < -0.39 is 0 Å². The van der Waals surface area contributed by atoms with Crippen molar-refractivity contribution in [2.45, 2.75) is 26.3 Å². The topological polar surface area (TPSA) is 42.0 Å². The van der Waals surface area contributed by atoms with Crippen molar-refractivity contribution in [3.05, 3.63) is 52.3 Å². The summed E-state index contributed by atoms with van der Waals surface area (Å²) in [7, 11) is 0. The van der Waals surface area contributed by atoms with E-state index in [-0.39, 0.29) is 11.9 Å². The Morgan fingerprint density at radius 1 is 1.33 bits per heavy atom. The third-order valence-corrected chi connectivity index (χ3v) is 4.07. The van der Waals surface area contributed by atoms with Crippen molar-refractivity contribution in [1.82, 2.24) is 10.3 Å². The molecule has 1 heterocycles. The van der Waals surface area contributed by atoms with Gasteiger partial charge in [-0.15, -0.1) is 0 Å². The molecule has 1 aromatic carbocycles. The first-order valence-corrected chi connectivity index (χ1v) is 7.48. The van der Waals surface area contributed by atoms with Gasteiger partial charge in [0.2, 0.25) is 0 Å². The molecule has 1 N–H and O–H groups in total. The molecule has 0 spiro atoms. The molecule has 0 bridgehead atoms. The number of benzene rings is 1. The summed E-state index contributed by atoms with van der Waals surface area (Å²) >= 11 is 12.2. The Morgan fingerprint density at radius 3 is 2.81 bits per heavy atom. The van der Waals surface area contributed by atoms with Crippen LogP contribution in [-0.2, 0) is 0 Å². The van der Waals surface area contributed by atoms with Crippen molar-refractivity contribution in [1.29, 1.82) is 0 Å². The highest BCUT2D eigenvalue weighted by Gasteiger charge is 2.12. The second-order valence-corrected chi connectivity index (χ2v) is 5.63. The lowest BCUT2D eigenvalue weighted by Crippen LogP contribution is -2.31. The number of carbonyl (C=O) groups is 1. The third-order valence-electron chi connectivity index (χ3n) is 3.25. The summed E-state index contributed by atoms with van der Waals surface area (Å²) in [6.07, 6.45) is 4.08. The number of carbonyl (C=O) groups excluding carboxylic acids is 1. The zero-order valence-electron chi connectivity index (χ0n) is 11.9. The zero-order valence-corrected chi connectivity index (χ0v) is 13.4. The average Bonchev–Trinajstić information content (AvgIpc) is 2.50. The Hall–Kier alpha value is -1.58. The minimum absolute atomic E-state index is 0.121. The van der Waals surface area contributed by atoms with Gasteiger partial charge < -0.3 is 5.32 Å². The molecule has 0 aliphatic carbocycles. The van der Waals surface area contributed by atoms with E-state index in [4.69, 9.17) is 23.2 Å². The first kappa shape index (κ1) is 15.8. The van der Waals surface area contributed by atoms with Gasteiger partial charge in [-0.3, -0.25) is 9.78 Å². The van der Waals surface area contributed by atoms with Crippen molar-refractivity contribution >= 4 is 29.1 Å². The second kappa shape index (κ2) is 6.92. The molecule has 0 radical (unpaired) electrons. The zero-order chi connectivity index (χ0) is 15.4. The number of hydrogen-bond donors (Lipinski definition) is 1. The molecule has 1 aromatic heterocycles. The quantitative estimate of drug-likeness (QED) is 0.894. The molecule has 2 rings (SSSR count). The fourth-order valence-electron chi connectivity index (χ4n) is 1.85. The molecule has 110 valence electrons. The number of halogens is 2. The van der Waals surface area contributed by atoms with Crippen LogP contribution in [0.15, 0.2) is 36.7 Å². The lowest BCUT2D eigenvalue weighted by Gasteiger charge is -2.12. The first-order valence-electron chi connectivity index (χ1n) is 6.73. The van der Waals surface area contributed by atoms with Crippen LogP contribution in [0.5, 0.6) is 0 Å². The van der Waals surface area contributed by atoms with Crippen LogP contribution in [0.2, 0.25) is 10.0 Å². The van der Waals surface area contributed by atoms with E-state index in [1.54, 1.807) is 24.5 Å². The Balaban J connectivity index is 2.34. The number of aromatic nitrogens is 1. The Labute approximate surface area is 134 Å². The number of rotatable bonds is 4. The van der Waals surface area contributed by atoms with Gasteiger partial charge in [0.05, 0.1) is 15.6 Å². The SMILES string of the molecule is CCC(C)NC(=O)c1cncc(-c2cccc(Cl)c2Cl)c1. The van der Waals surface area contributed by atoms with Gasteiger partial charge in [-0.1, -0.05) is 42.3 Å². The van der Waals surface area contributed by atoms with Crippen molar-refractivity contribution < 1.29 is 4.79 Å². The molecule has 0 saturated carbocycles. The van der Waals surface area contributed by atoms with Gasteiger partial charge in [0, 0.05) is 29.6 Å².